The molecule has 1 aromatic heterocycles. The van der Waals surface area contributed by atoms with Gasteiger partial charge >= 0.3 is 0 Å². The van der Waals surface area contributed by atoms with Gasteiger partial charge in [-0.1, -0.05) is 48.8 Å². The number of benzene rings is 2. The molecule has 3 aromatic rings. The first-order valence-corrected chi connectivity index (χ1v) is 9.71. The molecule has 1 atom stereocenters. The molecule has 0 aliphatic rings. The molecule has 1 heterocycles. The number of anilines is 2. The minimum Gasteiger partial charge on any atom is -0.388 e. The van der Waals surface area contributed by atoms with Gasteiger partial charge in [0, 0.05) is 11.0 Å². The molecule has 1 amide bonds. The zero-order chi connectivity index (χ0) is 25.0. The van der Waals surface area contributed by atoms with Gasteiger partial charge in [0.2, 0.25) is 5.91 Å². The van der Waals surface area contributed by atoms with Gasteiger partial charge in [-0.05, 0) is 42.5 Å². The SMILES string of the molecule is [2H]c1sc(N)nc1CC(=O)Nc1c([2H])c([2H])c(CCCC[C@]([2H])(O)c2ccccc2)c([2H])c1[2H]. The Balaban J connectivity index is 1.67. The van der Waals surface area contributed by atoms with Crippen LogP contribution in [0.25, 0.3) is 0 Å². The molecule has 0 bridgehead atoms. The molecule has 0 radical (unpaired) electrons. The number of unbranched alkanes of at least 4 members (excludes halogenated alkanes) is 1. The average Bonchev–Trinajstić information content (AvgIpc) is 3.11. The summed E-state index contributed by atoms with van der Waals surface area (Å²) in [5.41, 5.74) is 6.18. The third kappa shape index (κ3) is 6.18. The van der Waals surface area contributed by atoms with E-state index in [-0.39, 0.29) is 70.9 Å². The van der Waals surface area contributed by atoms with Crippen LogP contribution in [0.3, 0.4) is 0 Å². The van der Waals surface area contributed by atoms with Gasteiger partial charge in [-0.2, -0.15) is 0 Å². The van der Waals surface area contributed by atoms with Crippen LogP contribution >= 0.6 is 11.3 Å². The first-order chi connectivity index (χ1) is 16.0. The van der Waals surface area contributed by atoms with Crippen LogP contribution in [0.2, 0.25) is 0 Å². The normalized spacial score (nSPS) is 16.0. The van der Waals surface area contributed by atoms with Crippen LogP contribution in [-0.4, -0.2) is 16.0 Å². The van der Waals surface area contributed by atoms with E-state index in [2.05, 4.69) is 10.3 Å². The predicted octanol–water partition coefficient (Wildman–Crippen LogP) is 4.35. The number of thiazole rings is 1. The molecule has 0 saturated heterocycles. The van der Waals surface area contributed by atoms with Crippen molar-refractivity contribution >= 4 is 28.1 Å². The fraction of sp³-hybridized carbons (Fsp3) is 0.273. The summed E-state index contributed by atoms with van der Waals surface area (Å²) in [4.78, 5) is 16.3. The van der Waals surface area contributed by atoms with Gasteiger partial charge in [0.1, 0.15) is 0 Å². The Morgan fingerprint density at radius 1 is 1.25 bits per heavy atom. The van der Waals surface area contributed by atoms with Crippen molar-refractivity contribution in [3.8, 4) is 0 Å². The van der Waals surface area contributed by atoms with Gasteiger partial charge in [0.25, 0.3) is 0 Å². The van der Waals surface area contributed by atoms with E-state index in [1.807, 2.05) is 0 Å². The number of hydrogen-bond acceptors (Lipinski definition) is 5. The molecule has 6 heteroatoms. The summed E-state index contributed by atoms with van der Waals surface area (Å²) in [6, 6.07) is 7.42. The molecule has 0 fully saturated rings. The summed E-state index contributed by atoms with van der Waals surface area (Å²) in [6.45, 7) is 0. The Bertz CT molecular complexity index is 1160. The van der Waals surface area contributed by atoms with Crippen molar-refractivity contribution in [3.05, 3.63) is 76.7 Å². The lowest BCUT2D eigenvalue weighted by atomic mass is 10.0. The highest BCUT2D eigenvalue weighted by Crippen LogP contribution is 2.20. The van der Waals surface area contributed by atoms with E-state index in [4.69, 9.17) is 14.0 Å². The molecule has 2 aromatic carbocycles. The lowest BCUT2D eigenvalue weighted by Crippen LogP contribution is -2.14. The number of nitrogen functional groups attached to an aromatic ring is 1. The Kier molecular flexibility index (Phi) is 4.82. The highest BCUT2D eigenvalue weighted by molar-refractivity contribution is 7.13. The Hall–Kier alpha value is -2.70. The molecule has 0 saturated carbocycles. The van der Waals surface area contributed by atoms with Crippen molar-refractivity contribution in [1.29, 1.82) is 0 Å². The number of nitrogens with two attached hydrogens (primary N) is 1. The first kappa shape index (κ1) is 13.5. The van der Waals surface area contributed by atoms with Gasteiger partial charge in [-0.3, -0.25) is 4.79 Å². The van der Waals surface area contributed by atoms with Crippen molar-refractivity contribution < 1.29 is 18.1 Å². The summed E-state index contributed by atoms with van der Waals surface area (Å²) in [5.74, 6) is -0.622. The highest BCUT2D eigenvalue weighted by atomic mass is 32.1. The molecule has 5 nitrogen and oxygen atoms in total. The number of amides is 1. The zero-order valence-corrected chi connectivity index (χ0v) is 16.0. The van der Waals surface area contributed by atoms with Crippen LogP contribution in [-0.2, 0) is 17.6 Å². The Morgan fingerprint density at radius 3 is 2.68 bits per heavy atom. The van der Waals surface area contributed by atoms with Crippen molar-refractivity contribution in [2.75, 3.05) is 11.1 Å². The van der Waals surface area contributed by atoms with Crippen molar-refractivity contribution in [3.63, 3.8) is 0 Å². The second-order valence-corrected chi connectivity index (χ2v) is 7.03. The van der Waals surface area contributed by atoms with Crippen LogP contribution in [0.4, 0.5) is 10.8 Å². The lowest BCUT2D eigenvalue weighted by Gasteiger charge is -2.10. The number of carbonyl (C=O) groups is 1. The van der Waals surface area contributed by atoms with E-state index < -0.39 is 12.0 Å². The number of rotatable bonds is 9. The predicted molar refractivity (Wildman–Crippen MR) is 114 cm³/mol. The summed E-state index contributed by atoms with van der Waals surface area (Å²) in [7, 11) is 0. The summed E-state index contributed by atoms with van der Waals surface area (Å²) < 4.78 is 48.9. The molecule has 28 heavy (non-hydrogen) atoms. The number of nitrogens with one attached hydrogen (secondary N) is 1. The molecule has 0 unspecified atom stereocenters. The van der Waals surface area contributed by atoms with Gasteiger partial charge in [0.05, 0.1) is 26.4 Å². The summed E-state index contributed by atoms with van der Waals surface area (Å²) in [5, 5.41) is 13.0. The first-order valence-electron chi connectivity index (χ1n) is 11.9. The standard InChI is InChI=1S/C22H25N3O2S/c23-22-25-19(15-28-22)14-21(27)24-18-12-10-16(11-13-18)6-4-5-9-20(26)17-7-2-1-3-8-17/h1-3,7-8,10-13,15,20,26H,4-6,9,14H2,(H2,23,25)(H,24,27)/t20-/m0/s1/i10D,11D,12D,13D,15D,20D. The fourth-order valence-electron chi connectivity index (χ4n) is 2.60. The van der Waals surface area contributed by atoms with Crippen LogP contribution in [0, 0.1) is 0 Å². The third-order valence-corrected chi connectivity index (χ3v) is 4.62. The number of aromatic nitrogens is 1. The summed E-state index contributed by atoms with van der Waals surface area (Å²) >= 11 is 0.932. The average molecular weight is 402 g/mol. The largest absolute Gasteiger partial charge is 0.388 e. The number of nitrogens with zero attached hydrogens (tertiary/aromatic N) is 1. The molecule has 0 aliphatic heterocycles. The zero-order valence-electron chi connectivity index (χ0n) is 21.2. The molecule has 4 N–H and O–H groups in total. The summed E-state index contributed by atoms with van der Waals surface area (Å²) in [6.07, 6.45) is -0.732. The lowest BCUT2D eigenvalue weighted by molar-refractivity contribution is -0.115. The minimum absolute atomic E-state index is 0.0504. The van der Waals surface area contributed by atoms with Crippen LogP contribution in [0.5, 0.6) is 0 Å². The van der Waals surface area contributed by atoms with Gasteiger partial charge in [-0.25, -0.2) is 4.98 Å². The van der Waals surface area contributed by atoms with Crippen LogP contribution < -0.4 is 11.1 Å². The quantitative estimate of drug-likeness (QED) is 0.465. The molecular weight excluding hydrogens is 370 g/mol. The smallest absolute Gasteiger partial charge is 0.230 e. The van der Waals surface area contributed by atoms with Crippen LogP contribution in [0.1, 0.15) is 50.4 Å². The molecule has 0 spiro atoms. The third-order valence-electron chi connectivity index (χ3n) is 3.99. The van der Waals surface area contributed by atoms with Crippen molar-refractivity contribution in [2.24, 2.45) is 0 Å². The van der Waals surface area contributed by atoms with Crippen LogP contribution in [0.15, 0.2) is 59.9 Å². The van der Waals surface area contributed by atoms with E-state index in [0.29, 0.717) is 18.4 Å². The highest BCUT2D eigenvalue weighted by Gasteiger charge is 2.08. The number of hydrogen-bond donors (Lipinski definition) is 3. The van der Waals surface area contributed by atoms with E-state index in [1.54, 1.807) is 30.3 Å². The number of carbonyl (C=O) groups excluding carboxylic acids is 1. The second kappa shape index (κ2) is 10.0. The monoisotopic (exact) mass is 401 g/mol. The van der Waals surface area contributed by atoms with E-state index in [1.165, 1.54) is 0 Å². The van der Waals surface area contributed by atoms with E-state index in [0.717, 1.165) is 11.3 Å². The minimum atomic E-state index is -1.74. The fourth-order valence-corrected chi connectivity index (χ4v) is 3.09. The molecular formula is C22H25N3O2S. The maximum atomic E-state index is 12.4. The van der Waals surface area contributed by atoms with E-state index in [9.17, 15) is 9.90 Å². The molecule has 146 valence electrons. The molecule has 0 aliphatic carbocycles. The van der Waals surface area contributed by atoms with Gasteiger partial charge in [0.15, 0.2) is 5.13 Å². The second-order valence-electron chi connectivity index (χ2n) is 6.20. The number of aliphatic hydroxyl groups is 1. The van der Waals surface area contributed by atoms with Gasteiger partial charge < -0.3 is 16.2 Å². The Morgan fingerprint density at radius 2 is 2.00 bits per heavy atom. The maximum Gasteiger partial charge on any atom is 0.230 e. The van der Waals surface area contributed by atoms with Crippen molar-refractivity contribution in [2.45, 2.75) is 38.2 Å². The maximum absolute atomic E-state index is 12.4. The molecule has 3 rings (SSSR count). The topological polar surface area (TPSA) is 88.2 Å². The van der Waals surface area contributed by atoms with Crippen molar-refractivity contribution in [1.82, 2.24) is 4.98 Å². The van der Waals surface area contributed by atoms with Gasteiger partial charge in [-0.15, -0.1) is 11.3 Å². The Labute approximate surface area is 177 Å². The van der Waals surface area contributed by atoms with E-state index >= 15 is 0 Å².